The Balaban J connectivity index is 1.51. The van der Waals surface area contributed by atoms with E-state index in [1.54, 1.807) is 0 Å². The van der Waals surface area contributed by atoms with Gasteiger partial charge in [-0.25, -0.2) is 15.0 Å². The minimum absolute atomic E-state index is 0.116. The molecule has 2 aromatic heterocycles. The van der Waals surface area contributed by atoms with Gasteiger partial charge in [0.1, 0.15) is 11.5 Å². The number of hydrogen-bond donors (Lipinski definition) is 1. The first kappa shape index (κ1) is 16.6. The molecule has 0 aromatic carbocycles. The van der Waals surface area contributed by atoms with Gasteiger partial charge in [0.2, 0.25) is 0 Å². The van der Waals surface area contributed by atoms with Crippen LogP contribution in [0.2, 0.25) is 0 Å². The summed E-state index contributed by atoms with van der Waals surface area (Å²) < 4.78 is 34.3. The van der Waals surface area contributed by atoms with Crippen molar-refractivity contribution < 1.29 is 23.1 Å². The predicted octanol–water partition coefficient (Wildman–Crippen LogP) is 2.72. The van der Waals surface area contributed by atoms with Crippen molar-refractivity contribution in [3.8, 4) is 11.6 Å². The van der Waals surface area contributed by atoms with Gasteiger partial charge in [0, 0.05) is 31.5 Å². The zero-order valence-electron chi connectivity index (χ0n) is 14.4. The van der Waals surface area contributed by atoms with Gasteiger partial charge in [-0.3, -0.25) is 4.79 Å². The molecule has 3 aliphatic rings. The third kappa shape index (κ3) is 2.67. The summed E-state index contributed by atoms with van der Waals surface area (Å²) in [5, 5.41) is 8.99. The van der Waals surface area contributed by atoms with E-state index in [0.29, 0.717) is 49.1 Å². The van der Waals surface area contributed by atoms with Crippen LogP contribution in [0.1, 0.15) is 30.5 Å². The number of carbonyl (C=O) groups is 1. The Kier molecular flexibility index (Phi) is 3.50. The lowest BCUT2D eigenvalue weighted by molar-refractivity contribution is -0.137. The molecule has 1 N–H and O–H groups in total. The Morgan fingerprint density at radius 1 is 1.33 bits per heavy atom. The normalized spacial score (nSPS) is 27.9. The van der Waals surface area contributed by atoms with Crippen molar-refractivity contribution in [3.05, 3.63) is 23.8 Å². The molecular formula is C18H18F2N4O3. The molecule has 1 saturated carbocycles. The zero-order chi connectivity index (χ0) is 18.8. The molecular weight excluding hydrogens is 358 g/mol. The van der Waals surface area contributed by atoms with E-state index in [9.17, 15) is 13.6 Å². The molecule has 0 bridgehead atoms. The van der Waals surface area contributed by atoms with Gasteiger partial charge >= 0.3 is 5.97 Å². The van der Waals surface area contributed by atoms with E-state index in [2.05, 4.69) is 15.0 Å². The highest BCUT2D eigenvalue weighted by Gasteiger charge is 2.57. The highest BCUT2D eigenvalue weighted by Crippen LogP contribution is 2.55. The number of carboxylic acid groups (broad SMARTS) is 1. The lowest BCUT2D eigenvalue weighted by Crippen LogP contribution is -2.31. The lowest BCUT2D eigenvalue weighted by atomic mass is 9.92. The predicted molar refractivity (Wildman–Crippen MR) is 89.3 cm³/mol. The van der Waals surface area contributed by atoms with Crippen molar-refractivity contribution >= 4 is 11.8 Å². The van der Waals surface area contributed by atoms with Crippen molar-refractivity contribution in [2.75, 3.05) is 18.0 Å². The number of carboxylic acids is 1. The number of anilines is 1. The van der Waals surface area contributed by atoms with Gasteiger partial charge in [0.25, 0.3) is 5.92 Å². The third-order valence-corrected chi connectivity index (χ3v) is 5.98. The Morgan fingerprint density at radius 2 is 2.11 bits per heavy atom. The molecule has 5 rings (SSSR count). The number of fused-ring (bicyclic) bond motifs is 2. The fraction of sp³-hybridized carbons (Fsp3) is 0.556. The summed E-state index contributed by atoms with van der Waals surface area (Å²) >= 11 is 0. The summed E-state index contributed by atoms with van der Waals surface area (Å²) in [7, 11) is 0. The summed E-state index contributed by atoms with van der Waals surface area (Å²) in [6, 6.07) is 0. The molecule has 3 atom stereocenters. The molecule has 0 amide bonds. The first-order valence-electron chi connectivity index (χ1n) is 9.09. The smallest absolute Gasteiger partial charge is 0.303 e. The van der Waals surface area contributed by atoms with E-state index in [1.807, 2.05) is 4.90 Å². The fourth-order valence-electron chi connectivity index (χ4n) is 4.64. The van der Waals surface area contributed by atoms with Crippen molar-refractivity contribution in [3.63, 3.8) is 0 Å². The van der Waals surface area contributed by atoms with Gasteiger partial charge < -0.3 is 14.4 Å². The highest BCUT2D eigenvalue weighted by molar-refractivity contribution is 5.68. The van der Waals surface area contributed by atoms with Crippen LogP contribution in [-0.4, -0.2) is 39.1 Å². The van der Waals surface area contributed by atoms with Crippen LogP contribution in [0.5, 0.6) is 0 Å². The number of aromatic nitrogens is 3. The molecule has 0 radical (unpaired) electrons. The Morgan fingerprint density at radius 3 is 2.78 bits per heavy atom. The quantitative estimate of drug-likeness (QED) is 0.877. The first-order chi connectivity index (χ1) is 12.9. The molecule has 1 saturated heterocycles. The third-order valence-electron chi connectivity index (χ3n) is 5.98. The number of rotatable bonds is 4. The fourth-order valence-corrected chi connectivity index (χ4v) is 4.64. The second-order valence-corrected chi connectivity index (χ2v) is 7.62. The average Bonchev–Trinajstić information content (AvgIpc) is 3.06. The Labute approximate surface area is 153 Å². The Hall–Kier alpha value is -2.58. The van der Waals surface area contributed by atoms with Crippen LogP contribution in [0.25, 0.3) is 11.6 Å². The highest BCUT2D eigenvalue weighted by atomic mass is 19.3. The van der Waals surface area contributed by atoms with Crippen LogP contribution in [0.4, 0.5) is 14.6 Å². The topological polar surface area (TPSA) is 92.3 Å². The van der Waals surface area contributed by atoms with E-state index in [4.69, 9.17) is 9.52 Å². The van der Waals surface area contributed by atoms with Crippen molar-refractivity contribution in [1.82, 2.24) is 15.0 Å². The SMILES string of the molecule is O=C(O)CC1[C@H]2CN(c3nc(-c4cnco4)nc4c3CCCC4(F)F)C[C@@H]12. The van der Waals surface area contributed by atoms with Gasteiger partial charge in [-0.15, -0.1) is 0 Å². The maximum absolute atomic E-state index is 14.6. The van der Waals surface area contributed by atoms with E-state index < -0.39 is 11.9 Å². The van der Waals surface area contributed by atoms with E-state index in [0.717, 1.165) is 0 Å². The summed E-state index contributed by atoms with van der Waals surface area (Å²) in [5.74, 6) is -2.09. The van der Waals surface area contributed by atoms with E-state index >= 15 is 0 Å². The van der Waals surface area contributed by atoms with Crippen LogP contribution in [0.3, 0.4) is 0 Å². The van der Waals surface area contributed by atoms with Gasteiger partial charge in [0.15, 0.2) is 18.0 Å². The van der Waals surface area contributed by atoms with E-state index in [-0.39, 0.29) is 36.0 Å². The molecule has 2 fully saturated rings. The van der Waals surface area contributed by atoms with Crippen molar-refractivity contribution in [2.45, 2.75) is 31.6 Å². The maximum atomic E-state index is 14.6. The van der Waals surface area contributed by atoms with E-state index in [1.165, 1.54) is 12.6 Å². The van der Waals surface area contributed by atoms with Crippen LogP contribution in [0.15, 0.2) is 17.0 Å². The first-order valence-corrected chi connectivity index (χ1v) is 9.09. The molecule has 7 nitrogen and oxygen atoms in total. The van der Waals surface area contributed by atoms with Crippen LogP contribution < -0.4 is 4.90 Å². The molecule has 1 unspecified atom stereocenters. The molecule has 9 heteroatoms. The molecule has 3 heterocycles. The largest absolute Gasteiger partial charge is 0.481 e. The molecule has 1 aliphatic heterocycles. The minimum Gasteiger partial charge on any atom is -0.481 e. The number of nitrogens with zero attached hydrogens (tertiary/aromatic N) is 4. The summed E-state index contributed by atoms with van der Waals surface area (Å²) in [6.45, 7) is 1.29. The summed E-state index contributed by atoms with van der Waals surface area (Å²) in [5.41, 5.74) is 0.290. The number of aliphatic carboxylic acids is 1. The van der Waals surface area contributed by atoms with Gasteiger partial charge in [-0.1, -0.05) is 0 Å². The average molecular weight is 376 g/mol. The van der Waals surface area contributed by atoms with Gasteiger partial charge in [-0.05, 0) is 30.6 Å². The molecule has 2 aromatic rings. The number of hydrogen-bond acceptors (Lipinski definition) is 6. The monoisotopic (exact) mass is 376 g/mol. The minimum atomic E-state index is -2.99. The zero-order valence-corrected chi connectivity index (χ0v) is 14.4. The maximum Gasteiger partial charge on any atom is 0.303 e. The molecule has 142 valence electrons. The summed E-state index contributed by atoms with van der Waals surface area (Å²) in [6.07, 6.45) is 3.49. The Bertz CT molecular complexity index is 890. The van der Waals surface area contributed by atoms with Crippen LogP contribution in [-0.2, 0) is 17.1 Å². The second-order valence-electron chi connectivity index (χ2n) is 7.62. The van der Waals surface area contributed by atoms with Crippen LogP contribution >= 0.6 is 0 Å². The van der Waals surface area contributed by atoms with Crippen molar-refractivity contribution in [2.24, 2.45) is 17.8 Å². The van der Waals surface area contributed by atoms with Gasteiger partial charge in [-0.2, -0.15) is 8.78 Å². The number of halogens is 2. The second kappa shape index (κ2) is 5.71. The number of piperidine rings is 1. The molecule has 0 spiro atoms. The molecule has 27 heavy (non-hydrogen) atoms. The number of oxazole rings is 1. The standard InChI is InChI=1S/C18H18F2N4O3/c19-18(20)3-1-2-9-15(18)22-16(13-5-21-8-27-13)23-17(9)24-6-11-10(4-14(25)26)12(11)7-24/h5,8,10-12H,1-4,6-7H2,(H,25,26)/t10?,11-,12+. The lowest BCUT2D eigenvalue weighted by Gasteiger charge is -2.30. The number of alkyl halides is 2. The van der Waals surface area contributed by atoms with Gasteiger partial charge in [0.05, 0.1) is 6.20 Å². The van der Waals surface area contributed by atoms with Crippen molar-refractivity contribution in [1.29, 1.82) is 0 Å². The summed E-state index contributed by atoms with van der Waals surface area (Å²) in [4.78, 5) is 25.4. The van der Waals surface area contributed by atoms with Crippen LogP contribution in [0, 0.1) is 17.8 Å². The molecule has 2 aliphatic carbocycles.